The molecular weight excluding hydrogens is 208 g/mol. The van der Waals surface area contributed by atoms with Crippen molar-refractivity contribution in [2.75, 3.05) is 6.54 Å². The number of hydrogen-bond donors (Lipinski definition) is 3. The first-order valence-corrected chi connectivity index (χ1v) is 5.73. The predicted molar refractivity (Wildman–Crippen MR) is 62.2 cm³/mol. The molecule has 0 aliphatic carbocycles. The van der Waals surface area contributed by atoms with Crippen LogP contribution in [0.1, 0.15) is 40.0 Å². The van der Waals surface area contributed by atoms with Crippen LogP contribution in [0.25, 0.3) is 0 Å². The van der Waals surface area contributed by atoms with Crippen molar-refractivity contribution in [3.63, 3.8) is 0 Å². The number of rotatable bonds is 8. The minimum atomic E-state index is -0.966. The van der Waals surface area contributed by atoms with Crippen LogP contribution in [-0.4, -0.2) is 35.6 Å². The zero-order valence-corrected chi connectivity index (χ0v) is 10.2. The average molecular weight is 230 g/mol. The van der Waals surface area contributed by atoms with Gasteiger partial charge in [0.05, 0.1) is 6.54 Å². The van der Waals surface area contributed by atoms with E-state index < -0.39 is 12.0 Å². The minimum absolute atomic E-state index is 0.160. The van der Waals surface area contributed by atoms with Crippen LogP contribution in [0.5, 0.6) is 0 Å². The van der Waals surface area contributed by atoms with Gasteiger partial charge in [0, 0.05) is 6.04 Å². The molecule has 0 saturated carbocycles. The van der Waals surface area contributed by atoms with Crippen LogP contribution in [-0.2, 0) is 9.59 Å². The van der Waals surface area contributed by atoms with Crippen molar-refractivity contribution in [3.8, 4) is 0 Å². The first-order valence-electron chi connectivity index (χ1n) is 5.73. The second-order valence-electron chi connectivity index (χ2n) is 4.14. The van der Waals surface area contributed by atoms with E-state index in [1.54, 1.807) is 0 Å². The van der Waals surface area contributed by atoms with E-state index in [0.29, 0.717) is 6.42 Å². The van der Waals surface area contributed by atoms with E-state index in [-0.39, 0.29) is 18.5 Å². The number of carbonyl (C=O) groups is 2. The molecule has 0 aliphatic heterocycles. The third-order valence-corrected chi connectivity index (χ3v) is 2.15. The zero-order valence-electron chi connectivity index (χ0n) is 10.2. The molecule has 0 fully saturated rings. The highest BCUT2D eigenvalue weighted by atomic mass is 16.4. The van der Waals surface area contributed by atoms with E-state index in [2.05, 4.69) is 10.6 Å². The molecule has 0 heterocycles. The first-order chi connectivity index (χ1) is 7.47. The molecule has 0 aromatic heterocycles. The summed E-state index contributed by atoms with van der Waals surface area (Å²) in [6.07, 6.45) is 2.21. The summed E-state index contributed by atoms with van der Waals surface area (Å²) in [7, 11) is 0. The molecule has 1 amide bonds. The van der Waals surface area contributed by atoms with E-state index >= 15 is 0 Å². The van der Waals surface area contributed by atoms with Crippen molar-refractivity contribution in [3.05, 3.63) is 0 Å². The normalized spacial score (nSPS) is 12.5. The maximum atomic E-state index is 11.4. The molecule has 94 valence electrons. The Labute approximate surface area is 96.6 Å². The molecule has 0 bridgehead atoms. The van der Waals surface area contributed by atoms with E-state index in [1.165, 1.54) is 0 Å². The van der Waals surface area contributed by atoms with Crippen molar-refractivity contribution in [2.24, 2.45) is 0 Å². The molecule has 0 spiro atoms. The van der Waals surface area contributed by atoms with Crippen LogP contribution in [0.2, 0.25) is 0 Å². The van der Waals surface area contributed by atoms with Gasteiger partial charge < -0.3 is 15.7 Å². The number of nitrogens with one attached hydrogen (secondary N) is 2. The monoisotopic (exact) mass is 230 g/mol. The Bertz CT molecular complexity index is 229. The Kier molecular flexibility index (Phi) is 7.54. The topological polar surface area (TPSA) is 78.4 Å². The van der Waals surface area contributed by atoms with Crippen molar-refractivity contribution in [2.45, 2.75) is 52.1 Å². The van der Waals surface area contributed by atoms with Gasteiger partial charge in [-0.2, -0.15) is 0 Å². The summed E-state index contributed by atoms with van der Waals surface area (Å²) in [4.78, 5) is 22.2. The van der Waals surface area contributed by atoms with Crippen LogP contribution in [0.4, 0.5) is 0 Å². The van der Waals surface area contributed by atoms with Gasteiger partial charge in [0.2, 0.25) is 5.91 Å². The fourth-order valence-corrected chi connectivity index (χ4v) is 1.21. The Hall–Kier alpha value is -1.10. The SMILES string of the molecule is CCCCC(NC(=O)CNC(C)C)C(=O)O. The molecule has 3 N–H and O–H groups in total. The molecule has 0 saturated heterocycles. The lowest BCUT2D eigenvalue weighted by Gasteiger charge is -2.15. The van der Waals surface area contributed by atoms with Gasteiger partial charge in [-0.25, -0.2) is 4.79 Å². The highest BCUT2D eigenvalue weighted by Crippen LogP contribution is 2.00. The molecule has 5 heteroatoms. The molecule has 1 unspecified atom stereocenters. The van der Waals surface area contributed by atoms with Gasteiger partial charge in [-0.3, -0.25) is 4.79 Å². The fraction of sp³-hybridized carbons (Fsp3) is 0.818. The van der Waals surface area contributed by atoms with Crippen LogP contribution in [0.3, 0.4) is 0 Å². The number of carboxylic acids is 1. The van der Waals surface area contributed by atoms with Crippen LogP contribution in [0.15, 0.2) is 0 Å². The maximum Gasteiger partial charge on any atom is 0.326 e. The molecule has 0 rings (SSSR count). The lowest BCUT2D eigenvalue weighted by molar-refractivity contribution is -0.141. The second-order valence-corrected chi connectivity index (χ2v) is 4.14. The van der Waals surface area contributed by atoms with Crippen molar-refractivity contribution in [1.29, 1.82) is 0 Å². The van der Waals surface area contributed by atoms with Crippen molar-refractivity contribution < 1.29 is 14.7 Å². The van der Waals surface area contributed by atoms with Crippen LogP contribution in [0, 0.1) is 0 Å². The van der Waals surface area contributed by atoms with Crippen molar-refractivity contribution >= 4 is 11.9 Å². The van der Waals surface area contributed by atoms with Gasteiger partial charge in [0.25, 0.3) is 0 Å². The Morgan fingerprint density at radius 2 is 1.94 bits per heavy atom. The summed E-state index contributed by atoms with van der Waals surface area (Å²) in [5, 5.41) is 14.3. The summed E-state index contributed by atoms with van der Waals surface area (Å²) in [6, 6.07) is -0.550. The number of unbranched alkanes of at least 4 members (excludes halogenated alkanes) is 1. The quantitative estimate of drug-likeness (QED) is 0.575. The summed E-state index contributed by atoms with van der Waals surface area (Å²) >= 11 is 0. The fourth-order valence-electron chi connectivity index (χ4n) is 1.21. The highest BCUT2D eigenvalue weighted by molar-refractivity contribution is 5.84. The van der Waals surface area contributed by atoms with Gasteiger partial charge in [-0.15, -0.1) is 0 Å². The largest absolute Gasteiger partial charge is 0.480 e. The maximum absolute atomic E-state index is 11.4. The van der Waals surface area contributed by atoms with Gasteiger partial charge in [-0.05, 0) is 6.42 Å². The van der Waals surface area contributed by atoms with Crippen LogP contribution >= 0.6 is 0 Å². The minimum Gasteiger partial charge on any atom is -0.480 e. The van der Waals surface area contributed by atoms with Gasteiger partial charge in [0.15, 0.2) is 0 Å². The highest BCUT2D eigenvalue weighted by Gasteiger charge is 2.18. The smallest absolute Gasteiger partial charge is 0.326 e. The Balaban J connectivity index is 3.98. The molecular formula is C11H22N2O3. The lowest BCUT2D eigenvalue weighted by Crippen LogP contribution is -2.45. The van der Waals surface area contributed by atoms with Gasteiger partial charge in [0.1, 0.15) is 6.04 Å². The number of aliphatic carboxylic acids is 1. The van der Waals surface area contributed by atoms with E-state index in [4.69, 9.17) is 5.11 Å². The first kappa shape index (κ1) is 14.9. The molecule has 0 aromatic carbocycles. The number of amides is 1. The molecule has 0 aliphatic rings. The Morgan fingerprint density at radius 3 is 2.38 bits per heavy atom. The van der Waals surface area contributed by atoms with Gasteiger partial charge >= 0.3 is 5.97 Å². The molecule has 0 radical (unpaired) electrons. The standard InChI is InChI=1S/C11H22N2O3/c1-4-5-6-9(11(15)16)13-10(14)7-12-8(2)3/h8-9,12H,4-7H2,1-3H3,(H,13,14)(H,15,16). The zero-order chi connectivity index (χ0) is 12.6. The number of carbonyl (C=O) groups excluding carboxylic acids is 1. The summed E-state index contributed by atoms with van der Waals surface area (Å²) in [5.41, 5.74) is 0. The predicted octanol–water partition coefficient (Wildman–Crippen LogP) is 0.744. The summed E-state index contributed by atoms with van der Waals surface area (Å²) in [5.74, 6) is -1.23. The molecule has 0 aromatic rings. The Morgan fingerprint density at radius 1 is 1.31 bits per heavy atom. The lowest BCUT2D eigenvalue weighted by atomic mass is 10.1. The average Bonchev–Trinajstić information content (AvgIpc) is 2.20. The summed E-state index contributed by atoms with van der Waals surface area (Å²) < 4.78 is 0. The van der Waals surface area contributed by atoms with Gasteiger partial charge in [-0.1, -0.05) is 33.6 Å². The second kappa shape index (κ2) is 8.10. The third-order valence-electron chi connectivity index (χ3n) is 2.15. The molecule has 16 heavy (non-hydrogen) atoms. The molecule has 1 atom stereocenters. The summed E-state index contributed by atoms with van der Waals surface area (Å²) in [6.45, 7) is 6.01. The molecule has 5 nitrogen and oxygen atoms in total. The van der Waals surface area contributed by atoms with E-state index in [0.717, 1.165) is 12.8 Å². The van der Waals surface area contributed by atoms with E-state index in [9.17, 15) is 9.59 Å². The van der Waals surface area contributed by atoms with Crippen molar-refractivity contribution in [1.82, 2.24) is 10.6 Å². The number of hydrogen-bond acceptors (Lipinski definition) is 3. The third kappa shape index (κ3) is 7.23. The van der Waals surface area contributed by atoms with Crippen LogP contribution < -0.4 is 10.6 Å². The number of carboxylic acid groups (broad SMARTS) is 1. The van der Waals surface area contributed by atoms with E-state index in [1.807, 2.05) is 20.8 Å².